The summed E-state index contributed by atoms with van der Waals surface area (Å²) in [6.45, 7) is 5.73. The van der Waals surface area contributed by atoms with Gasteiger partial charge in [0.1, 0.15) is 0 Å². The van der Waals surface area contributed by atoms with Gasteiger partial charge in [0.2, 0.25) is 0 Å². The molecule has 174 valence electrons. The van der Waals surface area contributed by atoms with Crippen molar-refractivity contribution in [3.63, 3.8) is 0 Å². The SMILES string of the molecule is CCC(C)CCCN(C)c1ccccc1-c1ccccc1P(c1ccccc1)c1ccccc1. The summed E-state index contributed by atoms with van der Waals surface area (Å²) in [6, 6.07) is 39.9. The lowest BCUT2D eigenvalue weighted by Gasteiger charge is -2.26. The van der Waals surface area contributed by atoms with Crippen LogP contribution in [0.4, 0.5) is 5.69 Å². The Morgan fingerprint density at radius 3 is 1.82 bits per heavy atom. The molecule has 0 N–H and O–H groups in total. The van der Waals surface area contributed by atoms with E-state index in [1.807, 2.05) is 0 Å². The normalized spacial score (nSPS) is 12.0. The summed E-state index contributed by atoms with van der Waals surface area (Å²) < 4.78 is 0. The topological polar surface area (TPSA) is 3.24 Å². The maximum atomic E-state index is 2.45. The molecule has 0 saturated carbocycles. The zero-order chi connectivity index (χ0) is 23.8. The first kappa shape index (κ1) is 24.2. The number of hydrogen-bond donors (Lipinski definition) is 0. The van der Waals surface area contributed by atoms with E-state index < -0.39 is 7.92 Å². The van der Waals surface area contributed by atoms with E-state index in [0.717, 1.165) is 12.5 Å². The summed E-state index contributed by atoms with van der Waals surface area (Å²) in [4.78, 5) is 2.45. The molecule has 0 aliphatic rings. The highest BCUT2D eigenvalue weighted by atomic mass is 31.1. The molecule has 0 saturated heterocycles. The van der Waals surface area contributed by atoms with E-state index in [0.29, 0.717) is 0 Å². The van der Waals surface area contributed by atoms with Crippen molar-refractivity contribution in [1.82, 2.24) is 0 Å². The summed E-state index contributed by atoms with van der Waals surface area (Å²) in [7, 11) is 1.58. The molecule has 4 rings (SSSR count). The number of para-hydroxylation sites is 1. The minimum Gasteiger partial charge on any atom is -0.374 e. The van der Waals surface area contributed by atoms with Gasteiger partial charge >= 0.3 is 0 Å². The molecule has 4 aromatic carbocycles. The van der Waals surface area contributed by atoms with Gasteiger partial charge in [-0.05, 0) is 54.2 Å². The summed E-state index contributed by atoms with van der Waals surface area (Å²) in [5, 5.41) is 4.18. The Morgan fingerprint density at radius 2 is 1.21 bits per heavy atom. The van der Waals surface area contributed by atoms with Crippen LogP contribution in [0.1, 0.15) is 33.1 Å². The maximum Gasteiger partial charge on any atom is 0.0443 e. The summed E-state index contributed by atoms with van der Waals surface area (Å²) in [5.41, 5.74) is 3.98. The van der Waals surface area contributed by atoms with Gasteiger partial charge in [0.15, 0.2) is 0 Å². The number of hydrogen-bond acceptors (Lipinski definition) is 1. The predicted molar refractivity (Wildman–Crippen MR) is 153 cm³/mol. The van der Waals surface area contributed by atoms with Crippen molar-refractivity contribution in [2.75, 3.05) is 18.5 Å². The van der Waals surface area contributed by atoms with Crippen molar-refractivity contribution >= 4 is 29.5 Å². The van der Waals surface area contributed by atoms with Gasteiger partial charge in [0.05, 0.1) is 0 Å². The van der Waals surface area contributed by atoms with Crippen molar-refractivity contribution in [3.05, 3.63) is 109 Å². The molecule has 1 atom stereocenters. The molecule has 0 fully saturated rings. The molecule has 34 heavy (non-hydrogen) atoms. The Bertz CT molecular complexity index is 1120. The monoisotopic (exact) mass is 465 g/mol. The van der Waals surface area contributed by atoms with Crippen LogP contribution in [-0.2, 0) is 0 Å². The number of nitrogens with zero attached hydrogens (tertiary/aromatic N) is 1. The lowest BCUT2D eigenvalue weighted by molar-refractivity contribution is 0.497. The lowest BCUT2D eigenvalue weighted by atomic mass is 10.0. The van der Waals surface area contributed by atoms with Gasteiger partial charge in [0.25, 0.3) is 0 Å². The smallest absolute Gasteiger partial charge is 0.0443 e. The van der Waals surface area contributed by atoms with Gasteiger partial charge in [-0.1, -0.05) is 123 Å². The fourth-order valence-corrected chi connectivity index (χ4v) is 6.98. The van der Waals surface area contributed by atoms with Gasteiger partial charge in [-0.15, -0.1) is 0 Å². The Balaban J connectivity index is 1.76. The van der Waals surface area contributed by atoms with Crippen LogP contribution in [0.5, 0.6) is 0 Å². The minimum absolute atomic E-state index is 0.662. The standard InChI is InChI=1S/C32H36NP/c1-4-26(2)16-15-25-33(3)31-23-13-11-21-29(31)30-22-12-14-24-32(30)34(27-17-7-5-8-18-27)28-19-9-6-10-20-28/h5-14,17-24,26H,4,15-16,25H2,1-3H3. The van der Waals surface area contributed by atoms with Crippen molar-refractivity contribution in [2.45, 2.75) is 33.1 Å². The minimum atomic E-state index is -0.662. The molecule has 0 amide bonds. The molecule has 0 aromatic heterocycles. The Morgan fingerprint density at radius 1 is 0.676 bits per heavy atom. The first-order chi connectivity index (χ1) is 16.7. The van der Waals surface area contributed by atoms with Crippen molar-refractivity contribution < 1.29 is 0 Å². The molecule has 0 heterocycles. The molecule has 4 aromatic rings. The van der Waals surface area contributed by atoms with Gasteiger partial charge in [-0.2, -0.15) is 0 Å². The zero-order valence-electron chi connectivity index (χ0n) is 20.7. The third kappa shape index (κ3) is 5.78. The highest BCUT2D eigenvalue weighted by molar-refractivity contribution is 7.80. The Labute approximate surface area is 207 Å². The van der Waals surface area contributed by atoms with E-state index in [2.05, 4.69) is 135 Å². The van der Waals surface area contributed by atoms with Crippen LogP contribution < -0.4 is 20.8 Å². The third-order valence-electron chi connectivity index (χ3n) is 6.67. The van der Waals surface area contributed by atoms with Crippen molar-refractivity contribution in [1.29, 1.82) is 0 Å². The van der Waals surface area contributed by atoms with Crippen LogP contribution in [0, 0.1) is 5.92 Å². The van der Waals surface area contributed by atoms with E-state index in [4.69, 9.17) is 0 Å². The van der Waals surface area contributed by atoms with Crippen LogP contribution in [0.2, 0.25) is 0 Å². The maximum absolute atomic E-state index is 2.45. The number of anilines is 1. The number of benzene rings is 4. The third-order valence-corrected chi connectivity index (χ3v) is 9.17. The summed E-state index contributed by atoms with van der Waals surface area (Å²) >= 11 is 0. The molecule has 0 spiro atoms. The van der Waals surface area contributed by atoms with Crippen LogP contribution in [-0.4, -0.2) is 13.6 Å². The van der Waals surface area contributed by atoms with Gasteiger partial charge < -0.3 is 4.90 Å². The molecular weight excluding hydrogens is 429 g/mol. The molecule has 0 aliphatic carbocycles. The molecule has 1 nitrogen and oxygen atoms in total. The van der Waals surface area contributed by atoms with Crippen LogP contribution in [0.3, 0.4) is 0 Å². The van der Waals surface area contributed by atoms with E-state index >= 15 is 0 Å². The molecule has 0 bridgehead atoms. The molecule has 2 heteroatoms. The van der Waals surface area contributed by atoms with E-state index in [9.17, 15) is 0 Å². The fraction of sp³-hybridized carbons (Fsp3) is 0.250. The second kappa shape index (κ2) is 12.0. The first-order valence-electron chi connectivity index (χ1n) is 12.5. The highest BCUT2D eigenvalue weighted by Gasteiger charge is 2.21. The highest BCUT2D eigenvalue weighted by Crippen LogP contribution is 2.39. The Kier molecular flexibility index (Phi) is 8.56. The lowest BCUT2D eigenvalue weighted by Crippen LogP contribution is -2.23. The summed E-state index contributed by atoms with van der Waals surface area (Å²) in [5.74, 6) is 0.796. The second-order valence-electron chi connectivity index (χ2n) is 9.12. The van der Waals surface area contributed by atoms with E-state index in [1.54, 1.807) is 0 Å². The van der Waals surface area contributed by atoms with E-state index in [1.165, 1.54) is 52.0 Å². The molecule has 0 aliphatic heterocycles. The average Bonchev–Trinajstić information content (AvgIpc) is 2.90. The van der Waals surface area contributed by atoms with Crippen LogP contribution in [0.15, 0.2) is 109 Å². The molecular formula is C32H36NP. The first-order valence-corrected chi connectivity index (χ1v) is 13.8. The van der Waals surface area contributed by atoms with Crippen molar-refractivity contribution in [2.24, 2.45) is 5.92 Å². The summed E-state index contributed by atoms with van der Waals surface area (Å²) in [6.07, 6.45) is 3.77. The predicted octanol–water partition coefficient (Wildman–Crippen LogP) is 7.37. The Hall–Kier alpha value is -2.89. The zero-order valence-corrected chi connectivity index (χ0v) is 21.6. The number of rotatable bonds is 10. The largest absolute Gasteiger partial charge is 0.374 e. The van der Waals surface area contributed by atoms with Crippen molar-refractivity contribution in [3.8, 4) is 11.1 Å². The second-order valence-corrected chi connectivity index (χ2v) is 11.3. The van der Waals surface area contributed by atoms with Gasteiger partial charge in [-0.25, -0.2) is 0 Å². The van der Waals surface area contributed by atoms with Crippen LogP contribution in [0.25, 0.3) is 11.1 Å². The molecule has 0 radical (unpaired) electrons. The van der Waals surface area contributed by atoms with Crippen LogP contribution >= 0.6 is 7.92 Å². The average molecular weight is 466 g/mol. The van der Waals surface area contributed by atoms with Gasteiger partial charge in [0, 0.05) is 24.8 Å². The molecule has 1 unspecified atom stereocenters. The fourth-order valence-electron chi connectivity index (χ4n) is 4.51. The van der Waals surface area contributed by atoms with E-state index in [-0.39, 0.29) is 0 Å². The quantitative estimate of drug-likeness (QED) is 0.221. The van der Waals surface area contributed by atoms with Gasteiger partial charge in [-0.3, -0.25) is 0 Å².